The fourth-order valence-electron chi connectivity index (χ4n) is 1.96. The Morgan fingerprint density at radius 2 is 2.20 bits per heavy atom. The molecule has 0 aliphatic carbocycles. The molecule has 0 saturated carbocycles. The summed E-state index contributed by atoms with van der Waals surface area (Å²) in [4.78, 5) is 11.8. The van der Waals surface area contributed by atoms with Crippen LogP contribution in [0.25, 0.3) is 0 Å². The first-order valence-electron chi connectivity index (χ1n) is 5.69. The summed E-state index contributed by atoms with van der Waals surface area (Å²) < 4.78 is 0. The molecule has 1 saturated heterocycles. The van der Waals surface area contributed by atoms with Crippen LogP contribution in [-0.2, 0) is 4.79 Å². The molecule has 1 amide bonds. The molecular formula is C11H23N3O. The van der Waals surface area contributed by atoms with Crippen molar-refractivity contribution >= 4 is 5.91 Å². The first kappa shape index (κ1) is 12.5. The van der Waals surface area contributed by atoms with Crippen LogP contribution in [0.2, 0.25) is 0 Å². The summed E-state index contributed by atoms with van der Waals surface area (Å²) in [5, 5.41) is 6.17. The predicted molar refractivity (Wildman–Crippen MR) is 61.4 cm³/mol. The third-order valence-electron chi connectivity index (χ3n) is 2.89. The lowest BCUT2D eigenvalue weighted by molar-refractivity contribution is -0.128. The van der Waals surface area contributed by atoms with Crippen LogP contribution in [-0.4, -0.2) is 31.1 Å². The zero-order chi connectivity index (χ0) is 11.5. The maximum absolute atomic E-state index is 11.8. The first-order chi connectivity index (χ1) is 6.97. The molecule has 1 aliphatic heterocycles. The van der Waals surface area contributed by atoms with Crippen molar-refractivity contribution in [1.82, 2.24) is 10.6 Å². The maximum atomic E-state index is 11.8. The quantitative estimate of drug-likeness (QED) is 0.606. The number of carbonyl (C=O) groups is 1. The Hall–Kier alpha value is -0.610. The van der Waals surface area contributed by atoms with Crippen LogP contribution in [0.15, 0.2) is 0 Å². The molecule has 0 spiro atoms. The molecule has 15 heavy (non-hydrogen) atoms. The summed E-state index contributed by atoms with van der Waals surface area (Å²) in [6.45, 7) is 8.41. The van der Waals surface area contributed by atoms with E-state index < -0.39 is 0 Å². The van der Waals surface area contributed by atoms with E-state index in [1.54, 1.807) is 0 Å². The fourth-order valence-corrected chi connectivity index (χ4v) is 1.96. The van der Waals surface area contributed by atoms with Gasteiger partial charge in [0, 0.05) is 25.2 Å². The van der Waals surface area contributed by atoms with Crippen molar-refractivity contribution in [2.24, 2.45) is 17.6 Å². The molecular weight excluding hydrogens is 190 g/mol. The predicted octanol–water partition coefficient (Wildman–Crippen LogP) is 0.0855. The van der Waals surface area contributed by atoms with Crippen LogP contribution in [0.1, 0.15) is 27.2 Å². The number of hydrogen-bond acceptors (Lipinski definition) is 3. The fraction of sp³-hybridized carbons (Fsp3) is 0.909. The molecule has 1 rings (SSSR count). The molecule has 1 unspecified atom stereocenters. The number of rotatable bonds is 5. The summed E-state index contributed by atoms with van der Waals surface area (Å²) in [7, 11) is 0. The molecule has 88 valence electrons. The van der Waals surface area contributed by atoms with Gasteiger partial charge in [0.25, 0.3) is 0 Å². The van der Waals surface area contributed by atoms with Crippen molar-refractivity contribution in [3.63, 3.8) is 0 Å². The third kappa shape index (κ3) is 3.47. The van der Waals surface area contributed by atoms with Crippen molar-refractivity contribution in [1.29, 1.82) is 0 Å². The molecule has 1 fully saturated rings. The molecule has 4 heteroatoms. The highest BCUT2D eigenvalue weighted by Crippen LogP contribution is 2.16. The Kier molecular flexibility index (Phi) is 4.11. The SMILES string of the molecule is CC(C)CC(C)(CN)NC(=O)C1CNC1. The Morgan fingerprint density at radius 3 is 2.53 bits per heavy atom. The van der Waals surface area contributed by atoms with E-state index in [1.165, 1.54) is 0 Å². The van der Waals surface area contributed by atoms with Gasteiger partial charge in [-0.1, -0.05) is 13.8 Å². The van der Waals surface area contributed by atoms with Gasteiger partial charge in [0.15, 0.2) is 0 Å². The second kappa shape index (κ2) is 4.94. The van der Waals surface area contributed by atoms with Gasteiger partial charge in [0.2, 0.25) is 5.91 Å². The highest BCUT2D eigenvalue weighted by molar-refractivity contribution is 5.80. The monoisotopic (exact) mass is 213 g/mol. The van der Waals surface area contributed by atoms with Crippen LogP contribution in [0.5, 0.6) is 0 Å². The summed E-state index contributed by atoms with van der Waals surface area (Å²) >= 11 is 0. The van der Waals surface area contributed by atoms with Crippen LogP contribution in [0, 0.1) is 11.8 Å². The Morgan fingerprint density at radius 1 is 1.60 bits per heavy atom. The van der Waals surface area contributed by atoms with Gasteiger partial charge in [-0.25, -0.2) is 0 Å². The Labute approximate surface area is 92.0 Å². The highest BCUT2D eigenvalue weighted by atomic mass is 16.2. The second-order valence-corrected chi connectivity index (χ2v) is 5.21. The van der Waals surface area contributed by atoms with E-state index in [-0.39, 0.29) is 17.4 Å². The summed E-state index contributed by atoms with van der Waals surface area (Å²) in [5.41, 5.74) is 5.48. The minimum atomic E-state index is -0.249. The average molecular weight is 213 g/mol. The van der Waals surface area contributed by atoms with Crippen LogP contribution >= 0.6 is 0 Å². The Balaban J connectivity index is 2.46. The van der Waals surface area contributed by atoms with Crippen LogP contribution in [0.3, 0.4) is 0 Å². The second-order valence-electron chi connectivity index (χ2n) is 5.21. The molecule has 1 aliphatic rings. The third-order valence-corrected chi connectivity index (χ3v) is 2.89. The lowest BCUT2D eigenvalue weighted by atomic mass is 9.89. The number of hydrogen-bond donors (Lipinski definition) is 3. The number of nitrogens with two attached hydrogens (primary N) is 1. The van der Waals surface area contributed by atoms with E-state index in [0.29, 0.717) is 12.5 Å². The first-order valence-corrected chi connectivity index (χ1v) is 5.69. The Bertz CT molecular complexity index is 226. The zero-order valence-corrected chi connectivity index (χ0v) is 9.97. The number of carbonyl (C=O) groups excluding carboxylic acids is 1. The van der Waals surface area contributed by atoms with Crippen LogP contribution in [0.4, 0.5) is 0 Å². The maximum Gasteiger partial charge on any atom is 0.226 e. The van der Waals surface area contributed by atoms with Gasteiger partial charge in [0.1, 0.15) is 0 Å². The van der Waals surface area contributed by atoms with E-state index in [1.807, 2.05) is 6.92 Å². The standard InChI is InChI=1S/C11H23N3O/c1-8(2)4-11(3,7-12)14-10(15)9-5-13-6-9/h8-9,13H,4-7,12H2,1-3H3,(H,14,15). The van der Waals surface area contributed by atoms with Gasteiger partial charge in [-0.2, -0.15) is 0 Å². The van der Waals surface area contributed by atoms with E-state index in [0.717, 1.165) is 19.5 Å². The lowest BCUT2D eigenvalue weighted by Crippen LogP contribution is -2.58. The van der Waals surface area contributed by atoms with Gasteiger partial charge < -0.3 is 16.4 Å². The van der Waals surface area contributed by atoms with Gasteiger partial charge >= 0.3 is 0 Å². The van der Waals surface area contributed by atoms with Crippen molar-refractivity contribution in [2.75, 3.05) is 19.6 Å². The molecule has 4 nitrogen and oxygen atoms in total. The topological polar surface area (TPSA) is 67.1 Å². The highest BCUT2D eigenvalue weighted by Gasteiger charge is 2.31. The summed E-state index contributed by atoms with van der Waals surface area (Å²) in [5.74, 6) is 0.823. The van der Waals surface area contributed by atoms with Gasteiger partial charge in [-0.05, 0) is 19.3 Å². The lowest BCUT2D eigenvalue weighted by Gasteiger charge is -2.35. The molecule has 0 radical (unpaired) electrons. The molecule has 0 aromatic rings. The summed E-state index contributed by atoms with van der Waals surface area (Å²) in [6, 6.07) is 0. The van der Waals surface area contributed by atoms with Crippen molar-refractivity contribution in [3.8, 4) is 0 Å². The van der Waals surface area contributed by atoms with Crippen molar-refractivity contribution in [3.05, 3.63) is 0 Å². The average Bonchev–Trinajstić information content (AvgIpc) is 1.98. The molecule has 1 heterocycles. The normalized spacial score (nSPS) is 20.9. The van der Waals surface area contributed by atoms with E-state index in [9.17, 15) is 4.79 Å². The molecule has 0 aromatic heterocycles. The van der Waals surface area contributed by atoms with Crippen LogP contribution < -0.4 is 16.4 Å². The van der Waals surface area contributed by atoms with E-state index >= 15 is 0 Å². The minimum Gasteiger partial charge on any atom is -0.349 e. The van der Waals surface area contributed by atoms with Crippen molar-refractivity contribution < 1.29 is 4.79 Å². The summed E-state index contributed by atoms with van der Waals surface area (Å²) in [6.07, 6.45) is 0.926. The van der Waals surface area contributed by atoms with E-state index in [4.69, 9.17) is 5.73 Å². The van der Waals surface area contributed by atoms with Crippen molar-refractivity contribution in [2.45, 2.75) is 32.7 Å². The minimum absolute atomic E-state index is 0.141. The van der Waals surface area contributed by atoms with Gasteiger partial charge in [-0.15, -0.1) is 0 Å². The van der Waals surface area contributed by atoms with Gasteiger partial charge in [0.05, 0.1) is 5.92 Å². The molecule has 0 aromatic carbocycles. The largest absolute Gasteiger partial charge is 0.349 e. The zero-order valence-electron chi connectivity index (χ0n) is 9.97. The molecule has 0 bridgehead atoms. The van der Waals surface area contributed by atoms with Gasteiger partial charge in [-0.3, -0.25) is 4.79 Å². The van der Waals surface area contributed by atoms with E-state index in [2.05, 4.69) is 24.5 Å². The number of amides is 1. The smallest absolute Gasteiger partial charge is 0.226 e. The molecule has 4 N–H and O–H groups in total. The molecule has 1 atom stereocenters. The number of nitrogens with one attached hydrogen (secondary N) is 2.